The van der Waals surface area contributed by atoms with E-state index in [1.54, 1.807) is 30.8 Å². The highest BCUT2D eigenvalue weighted by atomic mass is 32.1. The maximum atomic E-state index is 12.8. The minimum absolute atomic E-state index is 0.0607. The molecule has 3 aromatic heterocycles. The van der Waals surface area contributed by atoms with Crippen molar-refractivity contribution >= 4 is 11.3 Å². The third-order valence-electron chi connectivity index (χ3n) is 5.50. The molecule has 0 unspecified atom stereocenters. The van der Waals surface area contributed by atoms with E-state index >= 15 is 0 Å². The van der Waals surface area contributed by atoms with Gasteiger partial charge in [-0.15, -0.1) is 11.3 Å². The summed E-state index contributed by atoms with van der Waals surface area (Å²) in [5.74, 6) is 1.47. The Morgan fingerprint density at radius 1 is 1.16 bits per heavy atom. The van der Waals surface area contributed by atoms with Crippen LogP contribution < -0.4 is 10.3 Å². The number of thiophene rings is 1. The standard InChI is InChI=1S/C24H22N4O2S/c1-30-21-7-3-2-6-18(21)22-9-8-17(31-22)14-28-12-10-20-19(15-28)24(29)27-23(26-20)16-5-4-11-25-13-16/h2-9,11,13H,10,12,14-15H2,1H3,(H,26,27,29). The first-order valence-corrected chi connectivity index (χ1v) is 11.0. The van der Waals surface area contributed by atoms with Gasteiger partial charge in [0, 0.05) is 59.3 Å². The molecule has 4 aromatic rings. The maximum absolute atomic E-state index is 12.8. The van der Waals surface area contributed by atoms with Crippen LogP contribution in [0.25, 0.3) is 21.8 Å². The Morgan fingerprint density at radius 2 is 2.06 bits per heavy atom. The topological polar surface area (TPSA) is 71.1 Å². The third-order valence-corrected chi connectivity index (χ3v) is 6.60. The number of benzene rings is 1. The van der Waals surface area contributed by atoms with Crippen LogP contribution in [0.3, 0.4) is 0 Å². The number of fused-ring (bicyclic) bond motifs is 1. The summed E-state index contributed by atoms with van der Waals surface area (Å²) < 4.78 is 5.50. The summed E-state index contributed by atoms with van der Waals surface area (Å²) in [5.41, 5.74) is 3.52. The number of ether oxygens (including phenoxy) is 1. The number of H-pyrrole nitrogens is 1. The molecule has 0 spiro atoms. The first-order valence-electron chi connectivity index (χ1n) is 10.2. The molecule has 0 radical (unpaired) electrons. The van der Waals surface area contributed by atoms with Crippen LogP contribution in [0.4, 0.5) is 0 Å². The predicted octanol–water partition coefficient (Wildman–Crippen LogP) is 4.13. The molecule has 7 heteroatoms. The normalized spacial score (nSPS) is 13.7. The second-order valence-corrected chi connectivity index (χ2v) is 8.68. The molecule has 1 aromatic carbocycles. The van der Waals surface area contributed by atoms with Crippen LogP contribution >= 0.6 is 11.3 Å². The summed E-state index contributed by atoms with van der Waals surface area (Å²) in [6.07, 6.45) is 4.19. The van der Waals surface area contributed by atoms with Gasteiger partial charge in [-0.3, -0.25) is 14.7 Å². The molecular formula is C24H22N4O2S. The molecule has 0 atom stereocenters. The van der Waals surface area contributed by atoms with Gasteiger partial charge >= 0.3 is 0 Å². The summed E-state index contributed by atoms with van der Waals surface area (Å²) in [7, 11) is 1.70. The van der Waals surface area contributed by atoms with Crippen molar-refractivity contribution in [3.63, 3.8) is 0 Å². The molecule has 1 N–H and O–H groups in total. The van der Waals surface area contributed by atoms with Gasteiger partial charge in [0.05, 0.1) is 18.4 Å². The van der Waals surface area contributed by atoms with E-state index in [-0.39, 0.29) is 5.56 Å². The fraction of sp³-hybridized carbons (Fsp3) is 0.208. The highest BCUT2D eigenvalue weighted by Gasteiger charge is 2.22. The van der Waals surface area contributed by atoms with E-state index in [0.717, 1.165) is 47.6 Å². The molecule has 0 bridgehead atoms. The molecule has 1 aliphatic rings. The van der Waals surface area contributed by atoms with Crippen molar-refractivity contribution in [2.24, 2.45) is 0 Å². The number of nitrogens with zero attached hydrogens (tertiary/aromatic N) is 3. The van der Waals surface area contributed by atoms with Crippen LogP contribution in [0.2, 0.25) is 0 Å². The third kappa shape index (κ3) is 4.02. The van der Waals surface area contributed by atoms with E-state index < -0.39 is 0 Å². The Kier molecular flexibility index (Phi) is 5.36. The molecule has 4 heterocycles. The van der Waals surface area contributed by atoms with Crippen LogP contribution in [0, 0.1) is 0 Å². The molecule has 156 valence electrons. The fourth-order valence-electron chi connectivity index (χ4n) is 3.93. The van der Waals surface area contributed by atoms with Gasteiger partial charge < -0.3 is 9.72 Å². The zero-order valence-electron chi connectivity index (χ0n) is 17.2. The van der Waals surface area contributed by atoms with Gasteiger partial charge in [0.25, 0.3) is 5.56 Å². The Bertz CT molecular complexity index is 1270. The van der Waals surface area contributed by atoms with Gasteiger partial charge in [-0.2, -0.15) is 0 Å². The molecule has 31 heavy (non-hydrogen) atoms. The Balaban J connectivity index is 1.34. The number of rotatable bonds is 5. The first-order chi connectivity index (χ1) is 15.2. The molecule has 6 nitrogen and oxygen atoms in total. The van der Waals surface area contributed by atoms with Crippen molar-refractivity contribution in [1.82, 2.24) is 19.9 Å². The largest absolute Gasteiger partial charge is 0.496 e. The predicted molar refractivity (Wildman–Crippen MR) is 122 cm³/mol. The van der Waals surface area contributed by atoms with Gasteiger partial charge in [0.2, 0.25) is 0 Å². The van der Waals surface area contributed by atoms with E-state index in [1.807, 2.05) is 30.3 Å². The number of aromatic amines is 1. The minimum atomic E-state index is -0.0607. The zero-order chi connectivity index (χ0) is 21.2. The van der Waals surface area contributed by atoms with Gasteiger partial charge in [0.1, 0.15) is 11.6 Å². The minimum Gasteiger partial charge on any atom is -0.496 e. The second-order valence-electron chi connectivity index (χ2n) is 7.51. The van der Waals surface area contributed by atoms with E-state index in [9.17, 15) is 4.79 Å². The highest BCUT2D eigenvalue weighted by Crippen LogP contribution is 2.35. The van der Waals surface area contributed by atoms with E-state index in [4.69, 9.17) is 9.72 Å². The van der Waals surface area contributed by atoms with Crippen LogP contribution in [-0.4, -0.2) is 33.5 Å². The highest BCUT2D eigenvalue weighted by molar-refractivity contribution is 7.15. The first kappa shape index (κ1) is 19.7. The van der Waals surface area contributed by atoms with Crippen LogP contribution in [-0.2, 0) is 19.5 Å². The Hall–Kier alpha value is -3.29. The average Bonchev–Trinajstić information content (AvgIpc) is 3.28. The molecular weight excluding hydrogens is 408 g/mol. The lowest BCUT2D eigenvalue weighted by molar-refractivity contribution is 0.244. The van der Waals surface area contributed by atoms with Crippen molar-refractivity contribution in [3.8, 4) is 27.6 Å². The van der Waals surface area contributed by atoms with Crippen LogP contribution in [0.5, 0.6) is 5.75 Å². The van der Waals surface area contributed by atoms with E-state index in [0.29, 0.717) is 12.4 Å². The lowest BCUT2D eigenvalue weighted by Crippen LogP contribution is -2.35. The van der Waals surface area contributed by atoms with Gasteiger partial charge in [0.15, 0.2) is 0 Å². The molecule has 0 fully saturated rings. The number of para-hydroxylation sites is 1. The fourth-order valence-corrected chi connectivity index (χ4v) is 5.01. The number of hydrogen-bond donors (Lipinski definition) is 1. The zero-order valence-corrected chi connectivity index (χ0v) is 18.0. The van der Waals surface area contributed by atoms with E-state index in [1.165, 1.54) is 9.75 Å². The van der Waals surface area contributed by atoms with E-state index in [2.05, 4.69) is 33.1 Å². The Labute approximate surface area is 184 Å². The molecule has 0 saturated heterocycles. The molecule has 5 rings (SSSR count). The number of pyridine rings is 1. The van der Waals surface area contributed by atoms with Crippen molar-refractivity contribution in [1.29, 1.82) is 0 Å². The summed E-state index contributed by atoms with van der Waals surface area (Å²) in [4.78, 5) is 29.3. The summed E-state index contributed by atoms with van der Waals surface area (Å²) in [6.45, 7) is 2.29. The SMILES string of the molecule is COc1ccccc1-c1ccc(CN2CCc3nc(-c4cccnc4)[nH]c(=O)c3C2)s1. The maximum Gasteiger partial charge on any atom is 0.255 e. The van der Waals surface area contributed by atoms with Crippen molar-refractivity contribution in [2.75, 3.05) is 13.7 Å². The van der Waals surface area contributed by atoms with Crippen molar-refractivity contribution in [2.45, 2.75) is 19.5 Å². The lowest BCUT2D eigenvalue weighted by atomic mass is 10.1. The number of aromatic nitrogens is 3. The van der Waals surface area contributed by atoms with Crippen molar-refractivity contribution < 1.29 is 4.74 Å². The van der Waals surface area contributed by atoms with Crippen molar-refractivity contribution in [3.05, 3.63) is 87.4 Å². The van der Waals surface area contributed by atoms with Crippen LogP contribution in [0.15, 0.2) is 65.7 Å². The Morgan fingerprint density at radius 3 is 2.90 bits per heavy atom. The number of methoxy groups -OCH3 is 1. The summed E-state index contributed by atoms with van der Waals surface area (Å²) >= 11 is 1.76. The molecule has 1 aliphatic heterocycles. The van der Waals surface area contributed by atoms with Gasteiger partial charge in [-0.1, -0.05) is 12.1 Å². The summed E-state index contributed by atoms with van der Waals surface area (Å²) in [5, 5.41) is 0. The lowest BCUT2D eigenvalue weighted by Gasteiger charge is -2.27. The summed E-state index contributed by atoms with van der Waals surface area (Å²) in [6, 6.07) is 16.1. The smallest absolute Gasteiger partial charge is 0.255 e. The quantitative estimate of drug-likeness (QED) is 0.516. The van der Waals surface area contributed by atoms with Gasteiger partial charge in [-0.05, 0) is 36.4 Å². The molecule has 0 aliphatic carbocycles. The second kappa shape index (κ2) is 8.45. The average molecular weight is 431 g/mol. The molecule has 0 saturated carbocycles. The van der Waals surface area contributed by atoms with Crippen LogP contribution in [0.1, 0.15) is 16.1 Å². The van der Waals surface area contributed by atoms with Gasteiger partial charge in [-0.25, -0.2) is 4.98 Å². The molecule has 0 amide bonds. The number of hydrogen-bond acceptors (Lipinski definition) is 6. The number of nitrogens with one attached hydrogen (secondary N) is 1. The monoisotopic (exact) mass is 430 g/mol.